The second kappa shape index (κ2) is 10.7. The van der Waals surface area contributed by atoms with Gasteiger partial charge in [-0.3, -0.25) is 9.59 Å². The van der Waals surface area contributed by atoms with Crippen LogP contribution in [-0.2, 0) is 28.5 Å². The van der Waals surface area contributed by atoms with Crippen LogP contribution < -0.4 is 0 Å². The number of hydrogen-bond acceptors (Lipinski definition) is 10. The number of esters is 1. The van der Waals surface area contributed by atoms with Crippen molar-refractivity contribution in [2.75, 3.05) is 6.61 Å². The third kappa shape index (κ3) is 4.46. The maximum Gasteiger partial charge on any atom is 0.303 e. The minimum atomic E-state index is -1.31. The first-order valence-electron chi connectivity index (χ1n) is 18.2. The summed E-state index contributed by atoms with van der Waals surface area (Å²) in [5, 5.41) is 41.8. The highest BCUT2D eigenvalue weighted by atomic mass is 16.7. The number of Topliss-reactive ketones (excluding diaryl/α,β-unsaturated/α-hetero) is 1. The Kier molecular flexibility index (Phi) is 7.80. The predicted octanol–water partition coefficient (Wildman–Crippen LogP) is 3.53. The number of aliphatic hydroxyl groups excluding tert-OH is 3. The van der Waals surface area contributed by atoms with Gasteiger partial charge in [0.05, 0.1) is 24.4 Å². The highest BCUT2D eigenvalue weighted by Crippen LogP contribution is 2.89. The number of rotatable bonds is 5. The monoisotopic (exact) mass is 662 g/mol. The van der Waals surface area contributed by atoms with Gasteiger partial charge in [0.15, 0.2) is 18.2 Å². The van der Waals surface area contributed by atoms with Crippen molar-refractivity contribution < 1.29 is 49.0 Å². The van der Waals surface area contributed by atoms with E-state index in [2.05, 4.69) is 34.6 Å². The maximum atomic E-state index is 15.0. The second-order valence-corrected chi connectivity index (χ2v) is 18.4. The van der Waals surface area contributed by atoms with Crippen LogP contribution in [0.3, 0.4) is 0 Å². The molecule has 0 aromatic rings. The van der Waals surface area contributed by atoms with Crippen molar-refractivity contribution in [2.45, 2.75) is 161 Å². The summed E-state index contributed by atoms with van der Waals surface area (Å²) < 4.78 is 24.4. The normalized spacial score (nSPS) is 53.9. The molecule has 10 nitrogen and oxygen atoms in total. The van der Waals surface area contributed by atoms with E-state index in [4.69, 9.17) is 18.9 Å². The van der Waals surface area contributed by atoms with E-state index in [-0.39, 0.29) is 57.9 Å². The molecule has 0 bridgehead atoms. The van der Waals surface area contributed by atoms with Gasteiger partial charge in [0, 0.05) is 18.3 Å². The zero-order chi connectivity index (χ0) is 34.3. The SMILES string of the molecule is CC(=O)O[C@@H]([C@H]1C[C@@H](C)[C@H]2[C@@H](O1)C(=O)[C@@]1(C)[C@@H]3CC[C@H]4C(C)(C)[C@@H](O[C@@H]5OC[C@H](O)[C@H](O)[C@H]5O)CC[C@@]45C[C@]35CC[C@]21C)C(C)(C)O. The Morgan fingerprint density at radius 2 is 1.64 bits per heavy atom. The molecule has 0 radical (unpaired) electrons. The quantitative estimate of drug-likeness (QED) is 0.254. The molecule has 7 aliphatic rings. The summed E-state index contributed by atoms with van der Waals surface area (Å²) in [5.74, 6) is 0.603. The van der Waals surface area contributed by atoms with E-state index in [1.165, 1.54) is 6.92 Å². The Balaban J connectivity index is 1.15. The van der Waals surface area contributed by atoms with Gasteiger partial charge in [-0.1, -0.05) is 34.6 Å². The lowest BCUT2D eigenvalue weighted by Crippen LogP contribution is -2.60. The van der Waals surface area contributed by atoms with Gasteiger partial charge < -0.3 is 39.4 Å². The predicted molar refractivity (Wildman–Crippen MR) is 170 cm³/mol. The number of aliphatic hydroxyl groups is 4. The van der Waals surface area contributed by atoms with Gasteiger partial charge in [-0.05, 0) is 105 Å². The van der Waals surface area contributed by atoms with Crippen molar-refractivity contribution in [1.29, 1.82) is 0 Å². The minimum absolute atomic E-state index is 0.0668. The molecule has 10 heteroatoms. The summed E-state index contributed by atoms with van der Waals surface area (Å²) >= 11 is 0. The van der Waals surface area contributed by atoms with Crippen LogP contribution in [0.15, 0.2) is 0 Å². The van der Waals surface area contributed by atoms with E-state index in [1.807, 2.05) is 0 Å². The number of ketones is 1. The van der Waals surface area contributed by atoms with Gasteiger partial charge in [-0.25, -0.2) is 0 Å². The molecule has 0 unspecified atom stereocenters. The van der Waals surface area contributed by atoms with Gasteiger partial charge in [0.2, 0.25) is 0 Å². The van der Waals surface area contributed by atoms with Crippen LogP contribution in [0.4, 0.5) is 0 Å². The average molecular weight is 663 g/mol. The third-order valence-corrected chi connectivity index (χ3v) is 15.6. The molecule has 0 amide bonds. The van der Waals surface area contributed by atoms with Crippen molar-refractivity contribution in [3.05, 3.63) is 0 Å². The summed E-state index contributed by atoms with van der Waals surface area (Å²) in [6.07, 6.45) is 0.691. The van der Waals surface area contributed by atoms with E-state index >= 15 is 0 Å². The van der Waals surface area contributed by atoms with Crippen LogP contribution in [0.25, 0.3) is 0 Å². The van der Waals surface area contributed by atoms with Gasteiger partial charge in [-0.15, -0.1) is 0 Å². The molecular formula is C37H58O10. The van der Waals surface area contributed by atoms with Gasteiger partial charge in [0.1, 0.15) is 24.4 Å². The van der Waals surface area contributed by atoms with E-state index in [9.17, 15) is 30.0 Å². The van der Waals surface area contributed by atoms with Gasteiger partial charge >= 0.3 is 5.97 Å². The number of hydrogen-bond donors (Lipinski definition) is 4. The summed E-state index contributed by atoms with van der Waals surface area (Å²) in [5.41, 5.74) is -2.06. The third-order valence-electron chi connectivity index (χ3n) is 15.6. The highest BCUT2D eigenvalue weighted by Gasteiger charge is 2.85. The molecule has 5 saturated carbocycles. The fourth-order valence-corrected chi connectivity index (χ4v) is 13.4. The molecule has 7 fully saturated rings. The Labute approximate surface area is 279 Å². The van der Waals surface area contributed by atoms with Crippen LogP contribution in [0.5, 0.6) is 0 Å². The molecule has 0 aromatic carbocycles. The van der Waals surface area contributed by atoms with Crippen LogP contribution in [0.1, 0.15) is 107 Å². The Bertz CT molecular complexity index is 1290. The Morgan fingerprint density at radius 3 is 2.30 bits per heavy atom. The Hall–Kier alpha value is -1.14. The number of carbonyl (C=O) groups excluding carboxylic acids is 2. The summed E-state index contributed by atoms with van der Waals surface area (Å²) in [7, 11) is 0. The molecule has 5 aliphatic carbocycles. The smallest absolute Gasteiger partial charge is 0.303 e. The summed E-state index contributed by atoms with van der Waals surface area (Å²) in [6.45, 7) is 15.9. The lowest BCUT2D eigenvalue weighted by molar-refractivity contribution is -0.302. The lowest BCUT2D eigenvalue weighted by atomic mass is 9.41. The summed E-state index contributed by atoms with van der Waals surface area (Å²) in [6, 6.07) is 0. The minimum Gasteiger partial charge on any atom is -0.457 e. The van der Waals surface area contributed by atoms with Crippen molar-refractivity contribution in [3.63, 3.8) is 0 Å². The molecule has 2 aliphatic heterocycles. The first kappa shape index (κ1) is 34.3. The fraction of sp³-hybridized carbons (Fsp3) is 0.946. The number of carbonyl (C=O) groups is 2. The highest BCUT2D eigenvalue weighted by molar-refractivity contribution is 5.93. The molecule has 47 heavy (non-hydrogen) atoms. The molecule has 2 saturated heterocycles. The van der Waals surface area contributed by atoms with E-state index in [0.29, 0.717) is 12.3 Å². The first-order chi connectivity index (χ1) is 21.8. The molecule has 0 aromatic heterocycles. The molecule has 16 atom stereocenters. The molecule has 266 valence electrons. The first-order valence-corrected chi connectivity index (χ1v) is 18.2. The van der Waals surface area contributed by atoms with Crippen LogP contribution >= 0.6 is 0 Å². The molecule has 2 heterocycles. The second-order valence-electron chi connectivity index (χ2n) is 18.4. The molecule has 2 spiro atoms. The van der Waals surface area contributed by atoms with E-state index in [1.54, 1.807) is 13.8 Å². The Morgan fingerprint density at radius 1 is 0.979 bits per heavy atom. The molecule has 4 N–H and O–H groups in total. The van der Waals surface area contributed by atoms with Crippen molar-refractivity contribution in [3.8, 4) is 0 Å². The zero-order valence-electron chi connectivity index (χ0n) is 29.5. The van der Waals surface area contributed by atoms with Crippen LogP contribution in [0, 0.1) is 50.7 Å². The van der Waals surface area contributed by atoms with Crippen LogP contribution in [0.2, 0.25) is 0 Å². The van der Waals surface area contributed by atoms with E-state index < -0.39 is 59.9 Å². The number of ether oxygens (including phenoxy) is 4. The van der Waals surface area contributed by atoms with Crippen molar-refractivity contribution in [1.82, 2.24) is 0 Å². The van der Waals surface area contributed by atoms with Crippen LogP contribution in [-0.4, -0.2) is 93.4 Å². The topological polar surface area (TPSA) is 152 Å². The van der Waals surface area contributed by atoms with Crippen molar-refractivity contribution in [2.24, 2.45) is 50.7 Å². The zero-order valence-corrected chi connectivity index (χ0v) is 29.5. The van der Waals surface area contributed by atoms with Gasteiger partial charge in [0.25, 0.3) is 0 Å². The molecule has 7 rings (SSSR count). The van der Waals surface area contributed by atoms with Gasteiger partial charge in [-0.2, -0.15) is 0 Å². The fourth-order valence-electron chi connectivity index (χ4n) is 13.4. The van der Waals surface area contributed by atoms with E-state index in [0.717, 1.165) is 44.9 Å². The summed E-state index contributed by atoms with van der Waals surface area (Å²) in [4.78, 5) is 27.0. The largest absolute Gasteiger partial charge is 0.457 e. The molecular weight excluding hydrogens is 604 g/mol. The van der Waals surface area contributed by atoms with Crippen molar-refractivity contribution >= 4 is 11.8 Å². The average Bonchev–Trinajstić information content (AvgIpc) is 3.61. The number of fused-ring (bicyclic) bond motifs is 4. The standard InChI is InChI=1S/C37H58O10/c1-18-15-21(30(33(5,6)43)45-19(2)38)46-28-25(18)34(7)13-14-37-17-36(37)12-11-24(47-31-27(41)26(40)20(39)16-44-31)32(3,4)22(36)9-10-23(37)35(34,8)29(28)42/h18,20-28,30-31,39-41,43H,9-17H2,1-8H3/t18-,20+,21-,22+,23+,24+,25+,26+,27-,28-,30+,31+,34-,35-,36-,37-/m1/s1. The maximum absolute atomic E-state index is 15.0. The lowest BCUT2D eigenvalue weighted by Gasteiger charge is -2.62.